The maximum atomic E-state index is 12.1. The predicted molar refractivity (Wildman–Crippen MR) is 83.8 cm³/mol. The molecule has 0 aliphatic heterocycles. The number of nitrogens with zero attached hydrogens (tertiary/aromatic N) is 1. The lowest BCUT2D eigenvalue weighted by Crippen LogP contribution is -2.39. The molecule has 0 atom stereocenters. The second-order valence-electron chi connectivity index (χ2n) is 5.71. The normalized spacial score (nSPS) is 11.7. The fraction of sp³-hybridized carbons (Fsp3) is 0.500. The van der Waals surface area contributed by atoms with Crippen molar-refractivity contribution in [2.24, 2.45) is 5.41 Å². The van der Waals surface area contributed by atoms with Gasteiger partial charge in [-0.25, -0.2) is 0 Å². The molecule has 0 bridgehead atoms. The second-order valence-corrected chi connectivity index (χ2v) is 6.98. The van der Waals surface area contributed by atoms with E-state index in [4.69, 9.17) is 11.6 Å². The number of halogens is 2. The van der Waals surface area contributed by atoms with Crippen molar-refractivity contribution in [1.82, 2.24) is 10.2 Å². The molecule has 0 saturated heterocycles. The van der Waals surface area contributed by atoms with Gasteiger partial charge in [0.1, 0.15) is 0 Å². The summed E-state index contributed by atoms with van der Waals surface area (Å²) in [5, 5.41) is 3.56. The molecule has 1 aromatic carbocycles. The molecule has 5 heteroatoms. The van der Waals surface area contributed by atoms with Crippen LogP contribution >= 0.6 is 27.5 Å². The van der Waals surface area contributed by atoms with Crippen molar-refractivity contribution in [2.75, 3.05) is 27.2 Å². The van der Waals surface area contributed by atoms with Gasteiger partial charge in [0.25, 0.3) is 5.91 Å². The van der Waals surface area contributed by atoms with Crippen molar-refractivity contribution in [3.05, 3.63) is 33.3 Å². The fourth-order valence-electron chi connectivity index (χ4n) is 1.97. The molecule has 0 aromatic heterocycles. The number of carbonyl (C=O) groups is 1. The van der Waals surface area contributed by atoms with Crippen molar-refractivity contribution in [3.8, 4) is 0 Å². The molecular formula is C14H20BrClN2O. The van der Waals surface area contributed by atoms with E-state index in [-0.39, 0.29) is 11.3 Å². The Morgan fingerprint density at radius 2 is 2.05 bits per heavy atom. The van der Waals surface area contributed by atoms with Crippen LogP contribution in [0, 0.1) is 5.41 Å². The number of hydrogen-bond donors (Lipinski definition) is 1. The van der Waals surface area contributed by atoms with Crippen LogP contribution in [0.25, 0.3) is 0 Å². The van der Waals surface area contributed by atoms with Gasteiger partial charge in [0.2, 0.25) is 0 Å². The van der Waals surface area contributed by atoms with Crippen molar-refractivity contribution in [1.29, 1.82) is 0 Å². The molecule has 0 saturated carbocycles. The molecule has 0 radical (unpaired) electrons. The van der Waals surface area contributed by atoms with E-state index in [1.165, 1.54) is 0 Å². The quantitative estimate of drug-likeness (QED) is 0.885. The molecule has 1 N–H and O–H groups in total. The first-order valence-electron chi connectivity index (χ1n) is 6.09. The number of nitrogens with one attached hydrogen (secondary N) is 1. The lowest BCUT2D eigenvalue weighted by atomic mass is 9.93. The van der Waals surface area contributed by atoms with Gasteiger partial charge in [-0.05, 0) is 53.6 Å². The Hall–Kier alpha value is -0.580. The molecule has 3 nitrogen and oxygen atoms in total. The van der Waals surface area contributed by atoms with Crippen LogP contribution in [0.1, 0.15) is 24.2 Å². The Kier molecular flexibility index (Phi) is 5.83. The van der Waals surface area contributed by atoms with Crippen LogP contribution in [0.5, 0.6) is 0 Å². The number of benzene rings is 1. The van der Waals surface area contributed by atoms with Crippen LogP contribution < -0.4 is 5.32 Å². The van der Waals surface area contributed by atoms with Gasteiger partial charge in [-0.1, -0.05) is 25.4 Å². The average Bonchev–Trinajstić information content (AvgIpc) is 2.28. The molecule has 19 heavy (non-hydrogen) atoms. The Labute approximate surface area is 128 Å². The molecule has 1 rings (SSSR count). The first-order chi connectivity index (χ1) is 8.71. The summed E-state index contributed by atoms with van der Waals surface area (Å²) in [6.45, 7) is 5.80. The lowest BCUT2D eigenvalue weighted by Gasteiger charge is -2.28. The van der Waals surface area contributed by atoms with Crippen LogP contribution in [-0.4, -0.2) is 38.0 Å². The summed E-state index contributed by atoms with van der Waals surface area (Å²) in [6, 6.07) is 5.17. The van der Waals surface area contributed by atoms with Gasteiger partial charge in [-0.2, -0.15) is 0 Å². The van der Waals surface area contributed by atoms with Gasteiger partial charge in [0.05, 0.1) is 5.02 Å². The molecule has 0 fully saturated rings. The predicted octanol–water partition coefficient (Wildman–Crippen LogP) is 3.42. The Morgan fingerprint density at radius 1 is 1.42 bits per heavy atom. The number of rotatable bonds is 5. The van der Waals surface area contributed by atoms with Crippen LogP contribution in [0.15, 0.2) is 22.7 Å². The molecule has 106 valence electrons. The zero-order chi connectivity index (χ0) is 14.6. The fourth-order valence-corrected chi connectivity index (χ4v) is 2.47. The highest BCUT2D eigenvalue weighted by atomic mass is 79.9. The smallest absolute Gasteiger partial charge is 0.251 e. The summed E-state index contributed by atoms with van der Waals surface area (Å²) >= 11 is 9.23. The number of amides is 1. The second kappa shape index (κ2) is 6.73. The van der Waals surface area contributed by atoms with Crippen LogP contribution in [0.4, 0.5) is 0 Å². The van der Waals surface area contributed by atoms with Gasteiger partial charge in [0.15, 0.2) is 0 Å². The average molecular weight is 348 g/mol. The molecular weight excluding hydrogens is 328 g/mol. The van der Waals surface area contributed by atoms with Crippen molar-refractivity contribution in [3.63, 3.8) is 0 Å². The van der Waals surface area contributed by atoms with E-state index in [9.17, 15) is 4.79 Å². The van der Waals surface area contributed by atoms with Crippen LogP contribution in [0.2, 0.25) is 5.02 Å². The molecule has 0 aliphatic carbocycles. The third-order valence-corrected chi connectivity index (χ3v) is 3.87. The maximum Gasteiger partial charge on any atom is 0.251 e. The van der Waals surface area contributed by atoms with E-state index in [1.807, 2.05) is 14.1 Å². The van der Waals surface area contributed by atoms with Gasteiger partial charge < -0.3 is 10.2 Å². The molecule has 1 amide bonds. The van der Waals surface area contributed by atoms with E-state index in [2.05, 4.69) is 40.0 Å². The van der Waals surface area contributed by atoms with Crippen LogP contribution in [0.3, 0.4) is 0 Å². The summed E-state index contributed by atoms with van der Waals surface area (Å²) in [6.07, 6.45) is 0. The van der Waals surface area contributed by atoms with Gasteiger partial charge in [-0.15, -0.1) is 0 Å². The highest BCUT2D eigenvalue weighted by molar-refractivity contribution is 9.10. The Bertz CT molecular complexity index is 461. The zero-order valence-electron chi connectivity index (χ0n) is 11.8. The Balaban J connectivity index is 2.62. The molecule has 1 aromatic rings. The molecule has 0 spiro atoms. The van der Waals surface area contributed by atoms with Gasteiger partial charge >= 0.3 is 0 Å². The summed E-state index contributed by atoms with van der Waals surface area (Å²) < 4.78 is 0.731. The SMILES string of the molecule is CN(C)CC(C)(C)CNC(=O)c1ccc(Cl)c(Br)c1. The monoisotopic (exact) mass is 346 g/mol. The summed E-state index contributed by atoms with van der Waals surface area (Å²) in [5.74, 6) is -0.0794. The molecule has 0 unspecified atom stereocenters. The summed E-state index contributed by atoms with van der Waals surface area (Å²) in [4.78, 5) is 14.2. The third kappa shape index (κ3) is 5.51. The topological polar surface area (TPSA) is 32.3 Å². The van der Waals surface area contributed by atoms with E-state index in [1.54, 1.807) is 18.2 Å². The van der Waals surface area contributed by atoms with Crippen molar-refractivity contribution < 1.29 is 4.79 Å². The first-order valence-corrected chi connectivity index (χ1v) is 7.26. The zero-order valence-corrected chi connectivity index (χ0v) is 14.1. The maximum absolute atomic E-state index is 12.1. The molecule has 0 heterocycles. The van der Waals surface area contributed by atoms with Crippen LogP contribution in [-0.2, 0) is 0 Å². The van der Waals surface area contributed by atoms with Crippen molar-refractivity contribution >= 4 is 33.4 Å². The molecule has 0 aliphatic rings. The minimum Gasteiger partial charge on any atom is -0.351 e. The number of hydrogen-bond acceptors (Lipinski definition) is 2. The summed E-state index contributed by atoms with van der Waals surface area (Å²) in [7, 11) is 4.06. The summed E-state index contributed by atoms with van der Waals surface area (Å²) in [5.41, 5.74) is 0.639. The van der Waals surface area contributed by atoms with Crippen molar-refractivity contribution in [2.45, 2.75) is 13.8 Å². The minimum absolute atomic E-state index is 0.0306. The third-order valence-electron chi connectivity index (χ3n) is 2.65. The lowest BCUT2D eigenvalue weighted by molar-refractivity contribution is 0.0929. The van der Waals surface area contributed by atoms with E-state index in [0.29, 0.717) is 17.1 Å². The van der Waals surface area contributed by atoms with Gasteiger partial charge in [-0.3, -0.25) is 4.79 Å². The largest absolute Gasteiger partial charge is 0.351 e. The minimum atomic E-state index is -0.0794. The highest BCUT2D eigenvalue weighted by Crippen LogP contribution is 2.23. The Morgan fingerprint density at radius 3 is 2.58 bits per heavy atom. The van der Waals surface area contributed by atoms with E-state index in [0.717, 1.165) is 11.0 Å². The number of carbonyl (C=O) groups excluding carboxylic acids is 1. The van der Waals surface area contributed by atoms with E-state index < -0.39 is 0 Å². The first kappa shape index (κ1) is 16.5. The van der Waals surface area contributed by atoms with E-state index >= 15 is 0 Å². The highest BCUT2D eigenvalue weighted by Gasteiger charge is 2.20. The van der Waals surface area contributed by atoms with Gasteiger partial charge in [0, 0.05) is 23.1 Å². The standard InChI is InChI=1S/C14H20BrClN2O/c1-14(2,9-18(3)4)8-17-13(19)10-5-6-12(16)11(15)7-10/h5-7H,8-9H2,1-4H3,(H,17,19).